The molecule has 5 nitrogen and oxygen atoms in total. The summed E-state index contributed by atoms with van der Waals surface area (Å²) in [6, 6.07) is 9.75. The standard InChI is InChI=1S/C25H19F6N3O2S/c1-3-37(35,36)21-12-16(5-4-15-6-9-17(10-7-15)24(26,27)28)8-11-18(21)23-33-19-13-22(25(29,30)31)32-14-20(19)34(23)2/h4-14H,3H2,1-2H3/b5-4+. The fourth-order valence-electron chi connectivity index (χ4n) is 3.70. The summed E-state index contributed by atoms with van der Waals surface area (Å²) in [6.07, 6.45) is -5.00. The van der Waals surface area contributed by atoms with Crippen molar-refractivity contribution in [3.63, 3.8) is 0 Å². The van der Waals surface area contributed by atoms with Crippen LogP contribution in [0.25, 0.3) is 34.6 Å². The Morgan fingerprint density at radius 3 is 2.11 bits per heavy atom. The largest absolute Gasteiger partial charge is 0.433 e. The maximum atomic E-state index is 13.1. The van der Waals surface area contributed by atoms with Crippen LogP contribution < -0.4 is 0 Å². The fourth-order valence-corrected chi connectivity index (χ4v) is 4.82. The summed E-state index contributed by atoms with van der Waals surface area (Å²) in [5, 5.41) is 0. The molecule has 0 amide bonds. The van der Waals surface area contributed by atoms with Crippen LogP contribution in [0.15, 0.2) is 59.6 Å². The Hall–Kier alpha value is -3.67. The summed E-state index contributed by atoms with van der Waals surface area (Å²) < 4.78 is 105. The molecule has 2 aromatic heterocycles. The molecule has 0 saturated heterocycles. The van der Waals surface area contributed by atoms with E-state index in [1.165, 1.54) is 41.8 Å². The van der Waals surface area contributed by atoms with Crippen molar-refractivity contribution < 1.29 is 34.8 Å². The van der Waals surface area contributed by atoms with Gasteiger partial charge >= 0.3 is 12.4 Å². The Morgan fingerprint density at radius 1 is 0.892 bits per heavy atom. The van der Waals surface area contributed by atoms with Crippen LogP contribution in [0.5, 0.6) is 0 Å². The first kappa shape index (κ1) is 26.4. The van der Waals surface area contributed by atoms with Crippen LogP contribution in [0.1, 0.15) is 29.3 Å². The third-order valence-corrected chi connectivity index (χ3v) is 7.49. The van der Waals surface area contributed by atoms with Gasteiger partial charge in [0.25, 0.3) is 0 Å². The van der Waals surface area contributed by atoms with E-state index in [2.05, 4.69) is 9.97 Å². The summed E-state index contributed by atoms with van der Waals surface area (Å²) >= 11 is 0. The zero-order chi connectivity index (χ0) is 27.2. The lowest BCUT2D eigenvalue weighted by molar-refractivity contribution is -0.141. The van der Waals surface area contributed by atoms with Crippen LogP contribution in [0.2, 0.25) is 0 Å². The molecule has 37 heavy (non-hydrogen) atoms. The Bertz CT molecular complexity index is 1600. The number of sulfone groups is 1. The summed E-state index contributed by atoms with van der Waals surface area (Å²) in [6.45, 7) is 1.46. The first-order valence-electron chi connectivity index (χ1n) is 10.8. The highest BCUT2D eigenvalue weighted by atomic mass is 32.2. The van der Waals surface area contributed by atoms with E-state index in [0.29, 0.717) is 11.1 Å². The Morgan fingerprint density at radius 2 is 1.51 bits per heavy atom. The Balaban J connectivity index is 1.77. The Kier molecular flexibility index (Phi) is 6.65. The molecule has 12 heteroatoms. The number of hydrogen-bond donors (Lipinski definition) is 0. The second kappa shape index (κ2) is 9.33. The normalized spacial score (nSPS) is 13.1. The molecule has 0 saturated carbocycles. The van der Waals surface area contributed by atoms with Crippen LogP contribution >= 0.6 is 0 Å². The molecule has 0 atom stereocenters. The molecule has 0 bridgehead atoms. The van der Waals surface area contributed by atoms with Crippen molar-refractivity contribution in [2.75, 3.05) is 5.75 Å². The lowest BCUT2D eigenvalue weighted by Crippen LogP contribution is -2.08. The zero-order valence-corrected chi connectivity index (χ0v) is 20.2. The SMILES string of the molecule is CCS(=O)(=O)c1cc(/C=C/c2ccc(C(F)(F)F)cc2)ccc1-c1nc2cc(C(F)(F)F)ncc2n1C. The number of fused-ring (bicyclic) bond motifs is 1. The summed E-state index contributed by atoms with van der Waals surface area (Å²) in [5.74, 6) is -0.100. The molecule has 0 radical (unpaired) electrons. The Labute approximate surface area is 208 Å². The summed E-state index contributed by atoms with van der Waals surface area (Å²) in [5.41, 5.74) is -0.489. The van der Waals surface area contributed by atoms with Crippen molar-refractivity contribution in [1.29, 1.82) is 0 Å². The second-order valence-corrected chi connectivity index (χ2v) is 10.4. The molecule has 2 heterocycles. The van der Waals surface area contributed by atoms with Gasteiger partial charge in [-0.3, -0.25) is 0 Å². The molecular formula is C25H19F6N3O2S. The highest BCUT2D eigenvalue weighted by molar-refractivity contribution is 7.91. The number of hydrogen-bond acceptors (Lipinski definition) is 4. The van der Waals surface area contributed by atoms with E-state index >= 15 is 0 Å². The van der Waals surface area contributed by atoms with E-state index in [9.17, 15) is 34.8 Å². The van der Waals surface area contributed by atoms with Gasteiger partial charge in [-0.1, -0.05) is 37.3 Å². The molecule has 0 N–H and O–H groups in total. The van der Waals surface area contributed by atoms with Crippen molar-refractivity contribution in [1.82, 2.24) is 14.5 Å². The molecule has 4 rings (SSSR count). The van der Waals surface area contributed by atoms with Gasteiger partial charge in [-0.2, -0.15) is 26.3 Å². The van der Waals surface area contributed by atoms with E-state index in [4.69, 9.17) is 0 Å². The molecule has 0 aliphatic heterocycles. The van der Waals surface area contributed by atoms with Crippen molar-refractivity contribution >= 4 is 33.0 Å². The van der Waals surface area contributed by atoms with Crippen molar-refractivity contribution in [2.24, 2.45) is 7.05 Å². The predicted molar refractivity (Wildman–Crippen MR) is 127 cm³/mol. The lowest BCUT2D eigenvalue weighted by atomic mass is 10.1. The number of imidazole rings is 1. The van der Waals surface area contributed by atoms with E-state index in [-0.39, 0.29) is 33.1 Å². The highest BCUT2D eigenvalue weighted by Gasteiger charge is 2.33. The van der Waals surface area contributed by atoms with E-state index in [0.717, 1.165) is 24.4 Å². The molecule has 2 aromatic carbocycles. The average molecular weight is 540 g/mol. The van der Waals surface area contributed by atoms with Gasteiger partial charge in [-0.05, 0) is 41.5 Å². The lowest BCUT2D eigenvalue weighted by Gasteiger charge is -2.11. The summed E-state index contributed by atoms with van der Waals surface area (Å²) in [4.78, 5) is 7.63. The second-order valence-electron chi connectivity index (χ2n) is 8.16. The van der Waals surface area contributed by atoms with Crippen LogP contribution in [-0.2, 0) is 29.2 Å². The number of rotatable bonds is 5. The topological polar surface area (TPSA) is 64.8 Å². The average Bonchev–Trinajstić information content (AvgIpc) is 3.17. The molecule has 0 aliphatic carbocycles. The first-order valence-corrected chi connectivity index (χ1v) is 12.5. The predicted octanol–water partition coefficient (Wildman–Crippen LogP) is 6.64. The van der Waals surface area contributed by atoms with Crippen LogP contribution in [0.4, 0.5) is 26.3 Å². The van der Waals surface area contributed by atoms with Gasteiger partial charge in [0.15, 0.2) is 9.84 Å². The van der Waals surface area contributed by atoms with Crippen molar-refractivity contribution in [3.8, 4) is 11.4 Å². The zero-order valence-electron chi connectivity index (χ0n) is 19.4. The number of alkyl halides is 6. The van der Waals surface area contributed by atoms with E-state index in [1.54, 1.807) is 19.2 Å². The van der Waals surface area contributed by atoms with E-state index in [1.807, 2.05) is 0 Å². The number of halogens is 6. The van der Waals surface area contributed by atoms with Gasteiger partial charge in [0, 0.05) is 12.6 Å². The van der Waals surface area contributed by atoms with Gasteiger partial charge < -0.3 is 4.57 Å². The number of benzene rings is 2. The number of aryl methyl sites for hydroxylation is 1. The number of aromatic nitrogens is 3. The maximum absolute atomic E-state index is 13.1. The van der Waals surface area contributed by atoms with Gasteiger partial charge in [-0.15, -0.1) is 0 Å². The summed E-state index contributed by atoms with van der Waals surface area (Å²) in [7, 11) is -2.26. The minimum atomic E-state index is -4.66. The number of pyridine rings is 1. The molecule has 0 aliphatic rings. The molecule has 0 fully saturated rings. The van der Waals surface area contributed by atoms with Crippen LogP contribution in [-0.4, -0.2) is 28.7 Å². The molecule has 0 unspecified atom stereocenters. The monoisotopic (exact) mass is 539 g/mol. The quantitative estimate of drug-likeness (QED) is 0.211. The fraction of sp³-hybridized carbons (Fsp3) is 0.200. The van der Waals surface area contributed by atoms with Crippen molar-refractivity contribution in [3.05, 3.63) is 77.1 Å². The molecule has 194 valence electrons. The van der Waals surface area contributed by atoms with Crippen LogP contribution in [0, 0.1) is 0 Å². The third kappa shape index (κ3) is 5.38. The minimum absolute atomic E-state index is 0.00551. The third-order valence-electron chi connectivity index (χ3n) is 5.73. The first-order chi connectivity index (χ1) is 17.2. The van der Waals surface area contributed by atoms with Gasteiger partial charge in [0.2, 0.25) is 0 Å². The van der Waals surface area contributed by atoms with Crippen LogP contribution in [0.3, 0.4) is 0 Å². The maximum Gasteiger partial charge on any atom is 0.433 e. The van der Waals surface area contributed by atoms with Gasteiger partial charge in [0.05, 0.1) is 33.4 Å². The molecule has 0 spiro atoms. The van der Waals surface area contributed by atoms with Gasteiger partial charge in [-0.25, -0.2) is 18.4 Å². The molecule has 4 aromatic rings. The minimum Gasteiger partial charge on any atom is -0.326 e. The smallest absolute Gasteiger partial charge is 0.326 e. The highest BCUT2D eigenvalue weighted by Crippen LogP contribution is 2.34. The molecular weight excluding hydrogens is 520 g/mol. The number of nitrogens with zero attached hydrogens (tertiary/aromatic N) is 3. The van der Waals surface area contributed by atoms with Gasteiger partial charge in [0.1, 0.15) is 11.5 Å². The van der Waals surface area contributed by atoms with E-state index < -0.39 is 33.4 Å². The van der Waals surface area contributed by atoms with Crippen molar-refractivity contribution in [2.45, 2.75) is 24.2 Å².